The van der Waals surface area contributed by atoms with Gasteiger partial charge in [0.15, 0.2) is 17.3 Å². The molecule has 0 saturated heterocycles. The zero-order chi connectivity index (χ0) is 18.7. The molecule has 1 heterocycles. The Hall–Kier alpha value is -3.29. The fraction of sp³-hybridized carbons (Fsp3) is 0.111. The molecule has 0 bridgehead atoms. The van der Waals surface area contributed by atoms with Crippen molar-refractivity contribution in [2.45, 2.75) is 6.18 Å². The Morgan fingerprint density at radius 3 is 2.58 bits per heavy atom. The predicted octanol–water partition coefficient (Wildman–Crippen LogP) is 3.81. The summed E-state index contributed by atoms with van der Waals surface area (Å²) >= 11 is 0. The SMILES string of the molecule is O=C(C=Cc1cccc(NC(=O)C(F)(F)F)c1)c1ccc2c(c1)OCO2. The van der Waals surface area contributed by atoms with Crippen LogP contribution in [0, 0.1) is 0 Å². The van der Waals surface area contributed by atoms with Crippen LogP contribution in [-0.4, -0.2) is 24.7 Å². The molecule has 0 fully saturated rings. The van der Waals surface area contributed by atoms with E-state index in [2.05, 4.69) is 0 Å². The Morgan fingerprint density at radius 2 is 1.81 bits per heavy atom. The van der Waals surface area contributed by atoms with Crippen LogP contribution in [0.5, 0.6) is 11.5 Å². The lowest BCUT2D eigenvalue weighted by Gasteiger charge is -2.08. The van der Waals surface area contributed by atoms with Gasteiger partial charge in [0.05, 0.1) is 0 Å². The van der Waals surface area contributed by atoms with E-state index in [0.717, 1.165) is 0 Å². The molecule has 1 amide bonds. The third-order valence-electron chi connectivity index (χ3n) is 3.49. The fourth-order valence-corrected chi connectivity index (χ4v) is 2.24. The largest absolute Gasteiger partial charge is 0.471 e. The number of benzene rings is 2. The number of alkyl halides is 3. The number of amides is 1. The minimum absolute atomic E-state index is 0.0231. The van der Waals surface area contributed by atoms with Gasteiger partial charge in [-0.2, -0.15) is 13.2 Å². The van der Waals surface area contributed by atoms with Crippen molar-refractivity contribution in [3.05, 3.63) is 59.7 Å². The molecule has 0 aromatic heterocycles. The lowest BCUT2D eigenvalue weighted by Crippen LogP contribution is -2.29. The molecule has 0 atom stereocenters. The first-order valence-corrected chi connectivity index (χ1v) is 7.43. The van der Waals surface area contributed by atoms with Gasteiger partial charge in [-0.15, -0.1) is 0 Å². The van der Waals surface area contributed by atoms with E-state index in [0.29, 0.717) is 22.6 Å². The van der Waals surface area contributed by atoms with Gasteiger partial charge >= 0.3 is 12.1 Å². The summed E-state index contributed by atoms with van der Waals surface area (Å²) in [5.41, 5.74) is 0.816. The van der Waals surface area contributed by atoms with Gasteiger partial charge in [0.2, 0.25) is 6.79 Å². The summed E-state index contributed by atoms with van der Waals surface area (Å²) in [7, 11) is 0. The second-order valence-electron chi connectivity index (χ2n) is 5.34. The molecule has 134 valence electrons. The molecule has 1 aliphatic heterocycles. The van der Waals surface area contributed by atoms with Crippen LogP contribution >= 0.6 is 0 Å². The van der Waals surface area contributed by atoms with Crippen molar-refractivity contribution in [3.63, 3.8) is 0 Å². The van der Waals surface area contributed by atoms with Gasteiger partial charge in [-0.1, -0.05) is 18.2 Å². The predicted molar refractivity (Wildman–Crippen MR) is 87.1 cm³/mol. The Kier molecular flexibility index (Phi) is 4.66. The minimum Gasteiger partial charge on any atom is -0.454 e. The molecule has 0 unspecified atom stereocenters. The van der Waals surface area contributed by atoms with Crippen LogP contribution in [0.2, 0.25) is 0 Å². The smallest absolute Gasteiger partial charge is 0.454 e. The van der Waals surface area contributed by atoms with Gasteiger partial charge in [-0.3, -0.25) is 9.59 Å². The van der Waals surface area contributed by atoms with E-state index in [1.807, 2.05) is 0 Å². The number of allylic oxidation sites excluding steroid dienone is 1. The van der Waals surface area contributed by atoms with E-state index in [-0.39, 0.29) is 18.3 Å². The van der Waals surface area contributed by atoms with Crippen LogP contribution < -0.4 is 14.8 Å². The molecular weight excluding hydrogens is 351 g/mol. The normalized spacial score (nSPS) is 13.0. The number of anilines is 1. The van der Waals surface area contributed by atoms with Gasteiger partial charge in [-0.25, -0.2) is 0 Å². The maximum Gasteiger partial charge on any atom is 0.471 e. The van der Waals surface area contributed by atoms with Crippen molar-refractivity contribution in [3.8, 4) is 11.5 Å². The Bertz CT molecular complexity index is 890. The first-order valence-electron chi connectivity index (χ1n) is 7.43. The third-order valence-corrected chi connectivity index (χ3v) is 3.49. The number of hydrogen-bond acceptors (Lipinski definition) is 4. The number of hydrogen-bond donors (Lipinski definition) is 1. The van der Waals surface area contributed by atoms with Gasteiger partial charge in [0.25, 0.3) is 0 Å². The van der Waals surface area contributed by atoms with Crippen molar-refractivity contribution >= 4 is 23.5 Å². The van der Waals surface area contributed by atoms with Gasteiger partial charge in [0.1, 0.15) is 0 Å². The highest BCUT2D eigenvalue weighted by Gasteiger charge is 2.38. The minimum atomic E-state index is -4.97. The number of carbonyl (C=O) groups is 2. The molecule has 5 nitrogen and oxygen atoms in total. The molecule has 3 rings (SSSR count). The summed E-state index contributed by atoms with van der Waals surface area (Å²) < 4.78 is 47.2. The summed E-state index contributed by atoms with van der Waals surface area (Å²) in [5.74, 6) is -1.34. The fourth-order valence-electron chi connectivity index (χ4n) is 2.24. The maximum absolute atomic E-state index is 12.3. The van der Waals surface area contributed by atoms with Gasteiger partial charge < -0.3 is 14.8 Å². The number of halogens is 3. The lowest BCUT2D eigenvalue weighted by atomic mass is 10.1. The highest BCUT2D eigenvalue weighted by molar-refractivity contribution is 6.07. The number of carbonyl (C=O) groups excluding carboxylic acids is 2. The van der Waals surface area contributed by atoms with Crippen molar-refractivity contribution in [1.29, 1.82) is 0 Å². The zero-order valence-electron chi connectivity index (χ0n) is 13.2. The molecular formula is C18H12F3NO4. The summed E-state index contributed by atoms with van der Waals surface area (Å²) in [6, 6.07) is 10.5. The van der Waals surface area contributed by atoms with Gasteiger partial charge in [0, 0.05) is 11.3 Å². The Morgan fingerprint density at radius 1 is 1.04 bits per heavy atom. The lowest BCUT2D eigenvalue weighted by molar-refractivity contribution is -0.167. The van der Waals surface area contributed by atoms with Crippen LogP contribution in [0.3, 0.4) is 0 Å². The monoisotopic (exact) mass is 363 g/mol. The standard InChI is InChI=1S/C18H12F3NO4/c19-18(20,21)17(24)22-13-3-1-2-11(8-13)4-6-14(23)12-5-7-15-16(9-12)26-10-25-15/h1-9H,10H2,(H,22,24). The van der Waals surface area contributed by atoms with E-state index in [1.165, 1.54) is 30.4 Å². The summed E-state index contributed by atoms with van der Waals surface area (Å²) in [5, 5.41) is 1.76. The molecule has 1 aliphatic rings. The van der Waals surface area contributed by atoms with Crippen LogP contribution in [-0.2, 0) is 4.79 Å². The second-order valence-corrected chi connectivity index (χ2v) is 5.34. The Labute approximate surface area is 146 Å². The molecule has 26 heavy (non-hydrogen) atoms. The molecule has 0 aliphatic carbocycles. The maximum atomic E-state index is 12.3. The van der Waals surface area contributed by atoms with Crippen LogP contribution in [0.15, 0.2) is 48.5 Å². The quantitative estimate of drug-likeness (QED) is 0.663. The zero-order valence-corrected chi connectivity index (χ0v) is 13.2. The van der Waals surface area contributed by atoms with E-state index in [9.17, 15) is 22.8 Å². The highest BCUT2D eigenvalue weighted by atomic mass is 19.4. The van der Waals surface area contributed by atoms with Crippen LogP contribution in [0.25, 0.3) is 6.08 Å². The van der Waals surface area contributed by atoms with Crippen LogP contribution in [0.1, 0.15) is 15.9 Å². The van der Waals surface area contributed by atoms with Crippen molar-refractivity contribution < 1.29 is 32.2 Å². The van der Waals surface area contributed by atoms with Gasteiger partial charge in [-0.05, 0) is 42.0 Å². The highest BCUT2D eigenvalue weighted by Crippen LogP contribution is 2.32. The van der Waals surface area contributed by atoms with E-state index < -0.39 is 12.1 Å². The first-order chi connectivity index (χ1) is 12.3. The number of nitrogens with one attached hydrogen (secondary N) is 1. The molecule has 2 aromatic carbocycles. The second kappa shape index (κ2) is 6.91. The Balaban J connectivity index is 1.71. The number of ether oxygens (including phenoxy) is 2. The number of fused-ring (bicyclic) bond motifs is 1. The average Bonchev–Trinajstić information content (AvgIpc) is 3.07. The number of rotatable bonds is 4. The molecule has 0 radical (unpaired) electrons. The first kappa shape index (κ1) is 17.5. The molecule has 0 spiro atoms. The van der Waals surface area contributed by atoms with Crippen LogP contribution in [0.4, 0.5) is 18.9 Å². The molecule has 2 aromatic rings. The van der Waals surface area contributed by atoms with E-state index in [4.69, 9.17) is 9.47 Å². The third kappa shape index (κ3) is 4.02. The summed E-state index contributed by atoms with van der Waals surface area (Å²) in [4.78, 5) is 23.2. The summed E-state index contributed by atoms with van der Waals surface area (Å²) in [6.45, 7) is 0.0965. The molecule has 8 heteroatoms. The summed E-state index contributed by atoms with van der Waals surface area (Å²) in [6.07, 6.45) is -2.25. The van der Waals surface area contributed by atoms with E-state index in [1.54, 1.807) is 29.6 Å². The topological polar surface area (TPSA) is 64.6 Å². The number of ketones is 1. The van der Waals surface area contributed by atoms with E-state index >= 15 is 0 Å². The van der Waals surface area contributed by atoms with Crippen molar-refractivity contribution in [1.82, 2.24) is 0 Å². The van der Waals surface area contributed by atoms with Crippen molar-refractivity contribution in [2.24, 2.45) is 0 Å². The molecule has 0 saturated carbocycles. The molecule has 1 N–H and O–H groups in total. The average molecular weight is 363 g/mol. The van der Waals surface area contributed by atoms with Crippen molar-refractivity contribution in [2.75, 3.05) is 12.1 Å².